The van der Waals surface area contributed by atoms with Gasteiger partial charge in [-0.3, -0.25) is 9.69 Å². The van der Waals surface area contributed by atoms with E-state index in [4.69, 9.17) is 9.47 Å². The predicted octanol–water partition coefficient (Wildman–Crippen LogP) is 4.33. The summed E-state index contributed by atoms with van der Waals surface area (Å²) in [6, 6.07) is 7.58. The third-order valence-corrected chi connectivity index (χ3v) is 5.31. The lowest BCUT2D eigenvalue weighted by Gasteiger charge is -2.30. The Morgan fingerprint density at radius 3 is 2.63 bits per heavy atom. The minimum absolute atomic E-state index is 0.105. The van der Waals surface area contributed by atoms with E-state index >= 15 is 0 Å². The molecule has 0 aromatic heterocycles. The van der Waals surface area contributed by atoms with E-state index in [1.165, 1.54) is 25.9 Å². The maximum Gasteiger partial charge on any atom is 0.256 e. The van der Waals surface area contributed by atoms with Crippen LogP contribution in [0.15, 0.2) is 24.3 Å². The van der Waals surface area contributed by atoms with Gasteiger partial charge in [-0.15, -0.1) is 0 Å². The molecule has 1 heterocycles. The van der Waals surface area contributed by atoms with E-state index in [0.717, 1.165) is 30.3 Å². The van der Waals surface area contributed by atoms with Gasteiger partial charge >= 0.3 is 0 Å². The highest BCUT2D eigenvalue weighted by Crippen LogP contribution is 2.21. The van der Waals surface area contributed by atoms with Crippen molar-refractivity contribution in [3.63, 3.8) is 0 Å². The fourth-order valence-corrected chi connectivity index (χ4v) is 3.34. The first-order chi connectivity index (χ1) is 13.0. The quantitative estimate of drug-likeness (QED) is 0.660. The summed E-state index contributed by atoms with van der Waals surface area (Å²) in [7, 11) is 0. The summed E-state index contributed by atoms with van der Waals surface area (Å²) in [6.45, 7) is 12.8. The lowest BCUT2D eigenvalue weighted by molar-refractivity contribution is -0.139. The molecule has 0 bridgehead atoms. The Kier molecular flexibility index (Phi) is 8.58. The smallest absolute Gasteiger partial charge is 0.256 e. The first-order valence-corrected chi connectivity index (χ1v) is 10.4. The van der Waals surface area contributed by atoms with Crippen LogP contribution in [-0.2, 0) is 9.53 Å². The predicted molar refractivity (Wildman–Crippen MR) is 110 cm³/mol. The Hall–Kier alpha value is -1.59. The lowest BCUT2D eigenvalue weighted by Crippen LogP contribution is -2.42. The number of nitrogens with zero attached hydrogens (tertiary/aromatic N) is 1. The van der Waals surface area contributed by atoms with Gasteiger partial charge < -0.3 is 14.8 Å². The van der Waals surface area contributed by atoms with E-state index in [0.29, 0.717) is 19.6 Å². The van der Waals surface area contributed by atoms with Gasteiger partial charge in [-0.05, 0) is 69.3 Å². The van der Waals surface area contributed by atoms with Crippen LogP contribution >= 0.6 is 0 Å². The first-order valence-electron chi connectivity index (χ1n) is 10.4. The number of ether oxygens (including phenoxy) is 2. The van der Waals surface area contributed by atoms with Crippen molar-refractivity contribution in [3.8, 4) is 5.75 Å². The number of piperidine rings is 1. The third-order valence-electron chi connectivity index (χ3n) is 5.31. The molecule has 1 fully saturated rings. The van der Waals surface area contributed by atoms with Gasteiger partial charge in [-0.25, -0.2) is 0 Å². The van der Waals surface area contributed by atoms with Crippen LogP contribution in [0.1, 0.15) is 53.4 Å². The lowest BCUT2D eigenvalue weighted by atomic mass is 10.0. The minimum atomic E-state index is -0.795. The van der Waals surface area contributed by atoms with Crippen LogP contribution in [0, 0.1) is 5.92 Å². The molecule has 2 atom stereocenters. The zero-order chi connectivity index (χ0) is 19.7. The Bertz CT molecular complexity index is 575. The topological polar surface area (TPSA) is 50.8 Å². The summed E-state index contributed by atoms with van der Waals surface area (Å²) in [6.07, 6.45) is 4.15. The zero-order valence-corrected chi connectivity index (χ0v) is 17.4. The molecule has 0 radical (unpaired) electrons. The molecule has 152 valence electrons. The number of carbonyl (C=O) groups excluding carboxylic acids is 1. The van der Waals surface area contributed by atoms with Crippen molar-refractivity contribution in [2.45, 2.75) is 59.0 Å². The van der Waals surface area contributed by atoms with Crippen molar-refractivity contribution in [1.82, 2.24) is 4.90 Å². The van der Waals surface area contributed by atoms with Crippen molar-refractivity contribution in [2.75, 3.05) is 38.2 Å². The molecular formula is C22H36N2O3. The van der Waals surface area contributed by atoms with Crippen molar-refractivity contribution >= 4 is 11.6 Å². The second-order valence-corrected chi connectivity index (χ2v) is 7.81. The van der Waals surface area contributed by atoms with E-state index in [-0.39, 0.29) is 5.91 Å². The van der Waals surface area contributed by atoms with Gasteiger partial charge in [0.25, 0.3) is 5.91 Å². The number of rotatable bonds is 10. The third kappa shape index (κ3) is 6.82. The molecule has 1 aliphatic heterocycles. The fourth-order valence-electron chi connectivity index (χ4n) is 3.34. The Morgan fingerprint density at radius 1 is 1.26 bits per heavy atom. The van der Waals surface area contributed by atoms with E-state index < -0.39 is 5.60 Å². The number of hydrogen-bond donors (Lipinski definition) is 1. The molecule has 1 N–H and O–H groups in total. The molecule has 0 unspecified atom stereocenters. The minimum Gasteiger partial charge on any atom is -0.492 e. The maximum atomic E-state index is 12.6. The average molecular weight is 377 g/mol. The molecule has 0 aliphatic carbocycles. The van der Waals surface area contributed by atoms with Crippen molar-refractivity contribution in [2.24, 2.45) is 5.92 Å². The monoisotopic (exact) mass is 376 g/mol. The molecule has 1 aliphatic rings. The molecule has 5 heteroatoms. The highest BCUT2D eigenvalue weighted by Gasteiger charge is 2.32. The van der Waals surface area contributed by atoms with Crippen molar-refractivity contribution < 1.29 is 14.3 Å². The molecular weight excluding hydrogens is 340 g/mol. The fraction of sp³-hybridized carbons (Fsp3) is 0.682. The van der Waals surface area contributed by atoms with Crippen LogP contribution in [0.2, 0.25) is 0 Å². The number of carbonyl (C=O) groups is 1. The number of benzene rings is 1. The average Bonchev–Trinajstić information content (AvgIpc) is 2.67. The Balaban J connectivity index is 1.79. The van der Waals surface area contributed by atoms with Crippen LogP contribution in [0.25, 0.3) is 0 Å². The van der Waals surface area contributed by atoms with Gasteiger partial charge in [0, 0.05) is 25.4 Å². The summed E-state index contributed by atoms with van der Waals surface area (Å²) in [5, 5.41) is 2.95. The Morgan fingerprint density at radius 2 is 2.00 bits per heavy atom. The molecule has 5 nitrogen and oxygen atoms in total. The van der Waals surface area contributed by atoms with Crippen molar-refractivity contribution in [1.29, 1.82) is 0 Å². The van der Waals surface area contributed by atoms with Gasteiger partial charge in [0.2, 0.25) is 0 Å². The second kappa shape index (κ2) is 10.7. The van der Waals surface area contributed by atoms with Crippen LogP contribution < -0.4 is 10.1 Å². The Labute approximate surface area is 164 Å². The van der Waals surface area contributed by atoms with Gasteiger partial charge in [-0.1, -0.05) is 20.8 Å². The molecule has 1 aromatic carbocycles. The molecule has 1 saturated heterocycles. The summed E-state index contributed by atoms with van der Waals surface area (Å²) in [5.74, 6) is 1.52. The number of amides is 1. The standard InChI is InChI=1S/C22H36N2O3/c1-5-15-27-22(4,6-2)21(25)23-19-9-11-20(12-10-19)26-16-14-24-13-7-8-18(3)17-24/h9-12,18H,5-8,13-17H2,1-4H3,(H,23,25)/t18-,22+/m0/s1. The normalized spacial score (nSPS) is 20.1. The molecule has 27 heavy (non-hydrogen) atoms. The first kappa shape index (κ1) is 21.7. The van der Waals surface area contributed by atoms with E-state index in [9.17, 15) is 4.79 Å². The van der Waals surface area contributed by atoms with Crippen LogP contribution in [0.3, 0.4) is 0 Å². The largest absolute Gasteiger partial charge is 0.492 e. The summed E-state index contributed by atoms with van der Waals surface area (Å²) in [4.78, 5) is 15.0. The SMILES string of the molecule is CCCO[C@](C)(CC)C(=O)Nc1ccc(OCCN2CCC[C@H](C)C2)cc1. The molecule has 1 amide bonds. The highest BCUT2D eigenvalue weighted by atomic mass is 16.5. The summed E-state index contributed by atoms with van der Waals surface area (Å²) >= 11 is 0. The number of hydrogen-bond acceptors (Lipinski definition) is 4. The van der Waals surface area contributed by atoms with Crippen LogP contribution in [0.5, 0.6) is 5.75 Å². The number of anilines is 1. The summed E-state index contributed by atoms with van der Waals surface area (Å²) in [5.41, 5.74) is -0.0338. The number of likely N-dealkylation sites (tertiary alicyclic amines) is 1. The highest BCUT2D eigenvalue weighted by molar-refractivity contribution is 5.97. The van der Waals surface area contributed by atoms with Gasteiger partial charge in [-0.2, -0.15) is 0 Å². The number of nitrogens with one attached hydrogen (secondary N) is 1. The van der Waals surface area contributed by atoms with Gasteiger partial charge in [0.15, 0.2) is 0 Å². The van der Waals surface area contributed by atoms with Gasteiger partial charge in [0.05, 0.1) is 0 Å². The maximum absolute atomic E-state index is 12.6. The van der Waals surface area contributed by atoms with Crippen molar-refractivity contribution in [3.05, 3.63) is 24.3 Å². The van der Waals surface area contributed by atoms with Crippen LogP contribution in [-0.4, -0.2) is 49.3 Å². The van der Waals surface area contributed by atoms with Gasteiger partial charge in [0.1, 0.15) is 18.0 Å². The second-order valence-electron chi connectivity index (χ2n) is 7.81. The van der Waals surface area contributed by atoms with E-state index in [1.54, 1.807) is 0 Å². The van der Waals surface area contributed by atoms with Crippen LogP contribution in [0.4, 0.5) is 5.69 Å². The van der Waals surface area contributed by atoms with E-state index in [1.807, 2.05) is 45.0 Å². The van der Waals surface area contributed by atoms with E-state index in [2.05, 4.69) is 17.1 Å². The molecule has 2 rings (SSSR count). The molecule has 0 saturated carbocycles. The molecule has 1 aromatic rings. The zero-order valence-electron chi connectivity index (χ0n) is 17.4. The molecule has 0 spiro atoms. The summed E-state index contributed by atoms with van der Waals surface area (Å²) < 4.78 is 11.6.